The highest BCUT2D eigenvalue weighted by Gasteiger charge is 2.35. The molecule has 26 heavy (non-hydrogen) atoms. The fraction of sp³-hybridized carbons (Fsp3) is 0.111. The van der Waals surface area contributed by atoms with E-state index >= 15 is 0 Å². The summed E-state index contributed by atoms with van der Waals surface area (Å²) < 4.78 is 0. The zero-order chi connectivity index (χ0) is 18.3. The van der Waals surface area contributed by atoms with Crippen LogP contribution in [0.15, 0.2) is 48.7 Å². The standard InChI is InChI=1S/C18H12Cl3N3OS/c19-10-4-5-11-14(6-7-22-15(11)8-10)23-24-16(25)9-26-18(24)12-2-1-3-13(20)17(12)21/h1-8,18H,9H2,(H,22,23). The van der Waals surface area contributed by atoms with Gasteiger partial charge in [0.05, 0.1) is 27.0 Å². The van der Waals surface area contributed by atoms with Crippen molar-refractivity contribution in [2.45, 2.75) is 5.37 Å². The van der Waals surface area contributed by atoms with Crippen LogP contribution in [0.5, 0.6) is 0 Å². The third-order valence-electron chi connectivity index (χ3n) is 4.06. The Bertz CT molecular complexity index is 1010. The Balaban J connectivity index is 1.72. The number of amides is 1. The van der Waals surface area contributed by atoms with Crippen molar-refractivity contribution in [2.75, 3.05) is 11.2 Å². The minimum absolute atomic E-state index is 0.0324. The number of nitrogens with zero attached hydrogens (tertiary/aromatic N) is 2. The summed E-state index contributed by atoms with van der Waals surface area (Å²) >= 11 is 20.0. The number of halogens is 3. The molecule has 1 saturated heterocycles. The molecular formula is C18H12Cl3N3OS. The lowest BCUT2D eigenvalue weighted by Gasteiger charge is -2.27. The number of benzene rings is 2. The smallest absolute Gasteiger partial charge is 0.252 e. The second-order valence-electron chi connectivity index (χ2n) is 5.70. The highest BCUT2D eigenvalue weighted by Crippen LogP contribution is 2.43. The summed E-state index contributed by atoms with van der Waals surface area (Å²) in [6.45, 7) is 0. The van der Waals surface area contributed by atoms with Crippen LogP contribution in [0, 0.1) is 0 Å². The molecule has 1 atom stereocenters. The molecule has 0 radical (unpaired) electrons. The van der Waals surface area contributed by atoms with Gasteiger partial charge in [-0.15, -0.1) is 11.8 Å². The summed E-state index contributed by atoms with van der Waals surface area (Å²) in [5.74, 6) is 0.324. The number of carbonyl (C=O) groups excluding carboxylic acids is 1. The van der Waals surface area contributed by atoms with Gasteiger partial charge in [-0.1, -0.05) is 46.9 Å². The Morgan fingerprint density at radius 2 is 2.00 bits per heavy atom. The van der Waals surface area contributed by atoms with E-state index in [-0.39, 0.29) is 11.3 Å². The number of hydrogen-bond donors (Lipinski definition) is 1. The molecule has 1 N–H and O–H groups in total. The quantitative estimate of drug-likeness (QED) is 0.577. The summed E-state index contributed by atoms with van der Waals surface area (Å²) in [4.78, 5) is 16.8. The minimum Gasteiger partial charge on any atom is -0.294 e. The van der Waals surface area contributed by atoms with Crippen molar-refractivity contribution in [2.24, 2.45) is 0 Å². The average Bonchev–Trinajstić information content (AvgIpc) is 2.98. The highest BCUT2D eigenvalue weighted by molar-refractivity contribution is 8.00. The number of thioether (sulfide) groups is 1. The largest absolute Gasteiger partial charge is 0.294 e. The van der Waals surface area contributed by atoms with Gasteiger partial charge in [-0.3, -0.25) is 15.2 Å². The normalized spacial score (nSPS) is 17.1. The first-order valence-corrected chi connectivity index (χ1v) is 9.91. The number of pyridine rings is 1. The summed E-state index contributed by atoms with van der Waals surface area (Å²) in [6.07, 6.45) is 1.68. The van der Waals surface area contributed by atoms with E-state index in [0.29, 0.717) is 20.8 Å². The van der Waals surface area contributed by atoms with Gasteiger partial charge in [-0.05, 0) is 30.3 Å². The van der Waals surface area contributed by atoms with Crippen LogP contribution in [0.1, 0.15) is 10.9 Å². The maximum Gasteiger partial charge on any atom is 0.252 e. The van der Waals surface area contributed by atoms with Gasteiger partial charge in [-0.25, -0.2) is 5.01 Å². The van der Waals surface area contributed by atoms with E-state index in [9.17, 15) is 4.79 Å². The molecule has 2 heterocycles. The van der Waals surface area contributed by atoms with E-state index in [1.54, 1.807) is 29.4 Å². The van der Waals surface area contributed by atoms with E-state index in [1.165, 1.54) is 11.8 Å². The second-order valence-corrected chi connectivity index (χ2v) is 7.99. The Hall–Kier alpha value is -1.66. The molecule has 8 heteroatoms. The third-order valence-corrected chi connectivity index (χ3v) is 6.32. The fourth-order valence-electron chi connectivity index (χ4n) is 2.83. The fourth-order valence-corrected chi connectivity index (χ4v) is 4.61. The average molecular weight is 425 g/mol. The summed E-state index contributed by atoms with van der Waals surface area (Å²) in [5.41, 5.74) is 5.54. The molecule has 1 amide bonds. The molecule has 1 aromatic heterocycles. The second kappa shape index (κ2) is 7.16. The van der Waals surface area contributed by atoms with Crippen LogP contribution < -0.4 is 5.43 Å². The number of nitrogens with one attached hydrogen (secondary N) is 1. The van der Waals surface area contributed by atoms with Crippen LogP contribution in [-0.2, 0) is 4.79 Å². The van der Waals surface area contributed by atoms with Crippen molar-refractivity contribution in [3.05, 3.63) is 69.3 Å². The lowest BCUT2D eigenvalue weighted by atomic mass is 10.2. The van der Waals surface area contributed by atoms with E-state index in [2.05, 4.69) is 10.4 Å². The number of hydrazine groups is 1. The van der Waals surface area contributed by atoms with Crippen LogP contribution in [0.4, 0.5) is 5.69 Å². The molecule has 1 fully saturated rings. The number of anilines is 1. The van der Waals surface area contributed by atoms with Gasteiger partial charge in [0.25, 0.3) is 5.91 Å². The first-order chi connectivity index (χ1) is 12.5. The van der Waals surface area contributed by atoms with Crippen molar-refractivity contribution in [3.8, 4) is 0 Å². The van der Waals surface area contributed by atoms with Crippen LogP contribution in [-0.4, -0.2) is 21.7 Å². The summed E-state index contributed by atoms with van der Waals surface area (Å²) in [7, 11) is 0. The topological polar surface area (TPSA) is 45.2 Å². The lowest BCUT2D eigenvalue weighted by Crippen LogP contribution is -2.34. The van der Waals surface area contributed by atoms with Crippen molar-refractivity contribution in [1.29, 1.82) is 0 Å². The van der Waals surface area contributed by atoms with Gasteiger partial charge in [0.15, 0.2) is 0 Å². The van der Waals surface area contributed by atoms with Crippen molar-refractivity contribution in [3.63, 3.8) is 0 Å². The van der Waals surface area contributed by atoms with Gasteiger partial charge in [0, 0.05) is 22.2 Å². The Kier molecular flexibility index (Phi) is 4.88. The Morgan fingerprint density at radius 1 is 1.15 bits per heavy atom. The Labute approximate surface area is 169 Å². The number of fused-ring (bicyclic) bond motifs is 1. The number of hydrogen-bond acceptors (Lipinski definition) is 4. The molecule has 2 aromatic carbocycles. The first kappa shape index (κ1) is 17.7. The van der Waals surface area contributed by atoms with Gasteiger partial charge < -0.3 is 0 Å². The minimum atomic E-state index is -0.274. The van der Waals surface area contributed by atoms with Crippen LogP contribution >= 0.6 is 46.6 Å². The van der Waals surface area contributed by atoms with Crippen LogP contribution in [0.25, 0.3) is 10.9 Å². The Morgan fingerprint density at radius 3 is 2.85 bits per heavy atom. The number of rotatable bonds is 3. The zero-order valence-electron chi connectivity index (χ0n) is 13.2. The van der Waals surface area contributed by atoms with Gasteiger partial charge >= 0.3 is 0 Å². The molecule has 4 rings (SSSR count). The molecule has 0 aliphatic carbocycles. The summed E-state index contributed by atoms with van der Waals surface area (Å²) in [5, 5.41) is 3.72. The van der Waals surface area contributed by atoms with Gasteiger partial charge in [0.1, 0.15) is 5.37 Å². The molecule has 4 nitrogen and oxygen atoms in total. The van der Waals surface area contributed by atoms with Crippen LogP contribution in [0.3, 0.4) is 0 Å². The predicted molar refractivity (Wildman–Crippen MR) is 109 cm³/mol. The monoisotopic (exact) mass is 423 g/mol. The molecule has 0 spiro atoms. The van der Waals surface area contributed by atoms with E-state index in [1.807, 2.05) is 24.3 Å². The van der Waals surface area contributed by atoms with Crippen molar-refractivity contribution < 1.29 is 4.79 Å². The SMILES string of the molecule is O=C1CSC(c2cccc(Cl)c2Cl)N1Nc1ccnc2cc(Cl)ccc12. The van der Waals surface area contributed by atoms with Crippen molar-refractivity contribution in [1.82, 2.24) is 9.99 Å². The molecule has 1 unspecified atom stereocenters. The molecule has 3 aromatic rings. The molecule has 1 aliphatic rings. The maximum atomic E-state index is 12.5. The molecule has 1 aliphatic heterocycles. The molecular weight excluding hydrogens is 413 g/mol. The number of carbonyl (C=O) groups is 1. The van der Waals surface area contributed by atoms with Crippen LogP contribution in [0.2, 0.25) is 15.1 Å². The molecule has 132 valence electrons. The van der Waals surface area contributed by atoms with Gasteiger partial charge in [0.2, 0.25) is 0 Å². The summed E-state index contributed by atoms with van der Waals surface area (Å²) in [6, 6.07) is 12.7. The van der Waals surface area contributed by atoms with E-state index in [4.69, 9.17) is 34.8 Å². The van der Waals surface area contributed by atoms with Crippen molar-refractivity contribution >= 4 is 69.1 Å². The highest BCUT2D eigenvalue weighted by atomic mass is 35.5. The predicted octanol–water partition coefficient (Wildman–Crippen LogP) is 5.80. The lowest BCUT2D eigenvalue weighted by molar-refractivity contribution is -0.126. The van der Waals surface area contributed by atoms with E-state index < -0.39 is 0 Å². The van der Waals surface area contributed by atoms with E-state index in [0.717, 1.165) is 22.2 Å². The number of aromatic nitrogens is 1. The first-order valence-electron chi connectivity index (χ1n) is 7.73. The third kappa shape index (κ3) is 3.21. The van der Waals surface area contributed by atoms with Gasteiger partial charge in [-0.2, -0.15) is 0 Å². The molecule has 0 bridgehead atoms. The zero-order valence-corrected chi connectivity index (χ0v) is 16.3. The maximum absolute atomic E-state index is 12.5. The molecule has 0 saturated carbocycles.